The van der Waals surface area contributed by atoms with Crippen LogP contribution in [0.25, 0.3) is 11.4 Å². The Hall–Kier alpha value is -1.66. The predicted octanol–water partition coefficient (Wildman–Crippen LogP) is 2.68. The van der Waals surface area contributed by atoms with Gasteiger partial charge < -0.3 is 10.1 Å². The number of fused-ring (bicyclic) bond motifs is 1. The predicted molar refractivity (Wildman–Crippen MR) is 87.4 cm³/mol. The number of rotatable bonds is 3. The summed E-state index contributed by atoms with van der Waals surface area (Å²) in [6.07, 6.45) is 4.92. The maximum Gasteiger partial charge on any atom is 0.184 e. The van der Waals surface area contributed by atoms with Gasteiger partial charge >= 0.3 is 0 Å². The quantitative estimate of drug-likeness (QED) is 0.903. The number of piperidine rings is 1. The van der Waals surface area contributed by atoms with E-state index >= 15 is 0 Å². The van der Waals surface area contributed by atoms with Crippen LogP contribution in [0.3, 0.4) is 0 Å². The first-order valence-electron chi connectivity index (χ1n) is 8.21. The van der Waals surface area contributed by atoms with Crippen LogP contribution in [0.1, 0.15) is 25.7 Å². The zero-order chi connectivity index (χ0) is 15.6. The number of hydrogen-bond donors (Lipinski definition) is 2. The number of benzene rings is 1. The lowest BCUT2D eigenvalue weighted by Gasteiger charge is -2.39. The minimum absolute atomic E-state index is 0.238. The van der Waals surface area contributed by atoms with Gasteiger partial charge in [-0.2, -0.15) is 0 Å². The molecule has 0 bridgehead atoms. The summed E-state index contributed by atoms with van der Waals surface area (Å²) in [4.78, 5) is 0. The van der Waals surface area contributed by atoms with Crippen LogP contribution in [0.2, 0.25) is 5.02 Å². The lowest BCUT2D eigenvalue weighted by Crippen LogP contribution is -2.42. The summed E-state index contributed by atoms with van der Waals surface area (Å²) >= 11 is 6.35. The van der Waals surface area contributed by atoms with E-state index in [4.69, 9.17) is 16.3 Å². The molecule has 1 aliphatic heterocycles. The largest absolute Gasteiger partial charge is 0.490 e. The minimum atomic E-state index is 0.238. The standard InChI is InChI=1S/C16H20ClN5O/c17-13-2-1-3-14(15(13)16-19-21-22-20-16)23-12-5-4-11-9-18-7-6-10(11)8-12/h1-3,10-12,18H,4-9H2,(H,19,20,21,22)/t10-,11-,12?/m0/s1. The zero-order valence-electron chi connectivity index (χ0n) is 12.8. The van der Waals surface area contributed by atoms with E-state index in [0.29, 0.717) is 10.8 Å². The Labute approximate surface area is 140 Å². The van der Waals surface area contributed by atoms with E-state index in [0.717, 1.165) is 49.1 Å². The van der Waals surface area contributed by atoms with E-state index in [-0.39, 0.29) is 6.10 Å². The van der Waals surface area contributed by atoms with Gasteiger partial charge in [0.15, 0.2) is 5.82 Å². The van der Waals surface area contributed by atoms with E-state index in [9.17, 15) is 0 Å². The molecule has 1 aromatic heterocycles. The molecule has 3 atom stereocenters. The number of H-pyrrole nitrogens is 1. The molecule has 122 valence electrons. The van der Waals surface area contributed by atoms with Crippen LogP contribution in [0, 0.1) is 11.8 Å². The van der Waals surface area contributed by atoms with Crippen LogP contribution >= 0.6 is 11.6 Å². The summed E-state index contributed by atoms with van der Waals surface area (Å²) < 4.78 is 6.32. The summed E-state index contributed by atoms with van der Waals surface area (Å²) in [6, 6.07) is 5.68. The molecule has 4 rings (SSSR count). The van der Waals surface area contributed by atoms with Crippen molar-refractivity contribution in [3.05, 3.63) is 23.2 Å². The number of aromatic amines is 1. The summed E-state index contributed by atoms with van der Waals surface area (Å²) in [5.74, 6) is 2.88. The highest BCUT2D eigenvalue weighted by atomic mass is 35.5. The number of nitrogens with zero attached hydrogens (tertiary/aromatic N) is 3. The van der Waals surface area contributed by atoms with Crippen LogP contribution < -0.4 is 10.1 Å². The summed E-state index contributed by atoms with van der Waals surface area (Å²) in [6.45, 7) is 2.28. The first kappa shape index (κ1) is 14.9. The van der Waals surface area contributed by atoms with E-state index in [1.165, 1.54) is 12.8 Å². The molecule has 2 N–H and O–H groups in total. The first-order chi connectivity index (χ1) is 11.3. The van der Waals surface area contributed by atoms with Crippen molar-refractivity contribution >= 4 is 11.6 Å². The van der Waals surface area contributed by atoms with Gasteiger partial charge in [-0.25, -0.2) is 5.10 Å². The van der Waals surface area contributed by atoms with Crippen LogP contribution in [-0.2, 0) is 0 Å². The van der Waals surface area contributed by atoms with Crippen LogP contribution in [0.5, 0.6) is 5.75 Å². The molecule has 0 amide bonds. The second-order valence-corrected chi connectivity index (χ2v) is 6.84. The fourth-order valence-corrected chi connectivity index (χ4v) is 4.12. The molecule has 1 saturated carbocycles. The minimum Gasteiger partial charge on any atom is -0.490 e. The highest BCUT2D eigenvalue weighted by molar-refractivity contribution is 6.33. The van der Waals surface area contributed by atoms with Gasteiger partial charge in [0.2, 0.25) is 0 Å². The van der Waals surface area contributed by atoms with E-state index in [1.807, 2.05) is 18.2 Å². The van der Waals surface area contributed by atoms with Crippen molar-refractivity contribution in [3.63, 3.8) is 0 Å². The second kappa shape index (κ2) is 6.45. The van der Waals surface area contributed by atoms with Crippen LogP contribution in [0.15, 0.2) is 18.2 Å². The Bertz CT molecular complexity index is 662. The fraction of sp³-hybridized carbons (Fsp3) is 0.562. The van der Waals surface area contributed by atoms with Crippen LogP contribution in [0.4, 0.5) is 0 Å². The number of tetrazole rings is 1. The number of hydrogen-bond acceptors (Lipinski definition) is 5. The van der Waals surface area contributed by atoms with Crippen molar-refractivity contribution in [1.82, 2.24) is 25.9 Å². The SMILES string of the molecule is Clc1cccc(OC2CC[C@H]3CNCC[C@H]3C2)c1-c1nnn[nH]1. The average Bonchev–Trinajstić information content (AvgIpc) is 3.09. The number of aromatic nitrogens is 4. The Morgan fingerprint density at radius 1 is 1.17 bits per heavy atom. The van der Waals surface area contributed by atoms with Gasteiger partial charge in [0.1, 0.15) is 5.75 Å². The molecule has 2 fully saturated rings. The normalized spacial score (nSPS) is 27.4. The highest BCUT2D eigenvalue weighted by Crippen LogP contribution is 2.39. The highest BCUT2D eigenvalue weighted by Gasteiger charge is 2.33. The lowest BCUT2D eigenvalue weighted by molar-refractivity contribution is 0.0716. The van der Waals surface area contributed by atoms with Gasteiger partial charge in [0.25, 0.3) is 0 Å². The molecular formula is C16H20ClN5O. The summed E-state index contributed by atoms with van der Waals surface area (Å²) in [7, 11) is 0. The number of halogens is 1. The zero-order valence-corrected chi connectivity index (χ0v) is 13.6. The molecule has 1 aromatic carbocycles. The number of ether oxygens (including phenoxy) is 1. The number of nitrogens with one attached hydrogen (secondary N) is 2. The maximum absolute atomic E-state index is 6.35. The van der Waals surface area contributed by atoms with Crippen LogP contribution in [-0.4, -0.2) is 39.8 Å². The molecule has 0 spiro atoms. The van der Waals surface area contributed by atoms with Gasteiger partial charge in [-0.15, -0.1) is 5.10 Å². The van der Waals surface area contributed by atoms with Gasteiger partial charge in [-0.3, -0.25) is 0 Å². The third-order valence-electron chi connectivity index (χ3n) is 5.04. The molecule has 1 saturated heterocycles. The second-order valence-electron chi connectivity index (χ2n) is 6.43. The third-order valence-corrected chi connectivity index (χ3v) is 5.36. The molecular weight excluding hydrogens is 314 g/mol. The van der Waals surface area contributed by atoms with E-state index < -0.39 is 0 Å². The van der Waals surface area contributed by atoms with Crippen molar-refractivity contribution in [3.8, 4) is 17.1 Å². The molecule has 23 heavy (non-hydrogen) atoms. The first-order valence-corrected chi connectivity index (χ1v) is 8.59. The fourth-order valence-electron chi connectivity index (χ4n) is 3.86. The molecule has 2 aliphatic rings. The van der Waals surface area contributed by atoms with Crippen molar-refractivity contribution in [1.29, 1.82) is 0 Å². The monoisotopic (exact) mass is 333 g/mol. The smallest absolute Gasteiger partial charge is 0.184 e. The van der Waals surface area contributed by atoms with Gasteiger partial charge in [0, 0.05) is 0 Å². The Morgan fingerprint density at radius 2 is 2.13 bits per heavy atom. The lowest BCUT2D eigenvalue weighted by atomic mass is 9.74. The topological polar surface area (TPSA) is 75.7 Å². The van der Waals surface area contributed by atoms with Gasteiger partial charge in [0.05, 0.1) is 16.7 Å². The van der Waals surface area contributed by atoms with E-state index in [1.54, 1.807) is 0 Å². The van der Waals surface area contributed by atoms with Crippen molar-refractivity contribution in [2.75, 3.05) is 13.1 Å². The molecule has 0 radical (unpaired) electrons. The Balaban J connectivity index is 1.54. The molecule has 6 nitrogen and oxygen atoms in total. The Morgan fingerprint density at radius 3 is 3.00 bits per heavy atom. The third kappa shape index (κ3) is 3.05. The van der Waals surface area contributed by atoms with Gasteiger partial charge in [-0.1, -0.05) is 17.7 Å². The molecule has 1 unspecified atom stereocenters. The summed E-state index contributed by atoms with van der Waals surface area (Å²) in [5, 5.41) is 18.1. The van der Waals surface area contributed by atoms with E-state index in [2.05, 4.69) is 25.9 Å². The van der Waals surface area contributed by atoms with Crippen molar-refractivity contribution < 1.29 is 4.74 Å². The van der Waals surface area contributed by atoms with Crippen molar-refractivity contribution in [2.24, 2.45) is 11.8 Å². The molecule has 2 aromatic rings. The molecule has 2 heterocycles. The van der Waals surface area contributed by atoms with Gasteiger partial charge in [-0.05, 0) is 73.2 Å². The maximum atomic E-state index is 6.35. The molecule has 1 aliphatic carbocycles. The van der Waals surface area contributed by atoms with Crippen molar-refractivity contribution in [2.45, 2.75) is 31.8 Å². The Kier molecular flexibility index (Phi) is 4.18. The molecule has 7 heteroatoms. The average molecular weight is 334 g/mol. The summed E-state index contributed by atoms with van der Waals surface area (Å²) in [5.41, 5.74) is 0.742.